The molecule has 3 unspecified atom stereocenters. The summed E-state index contributed by atoms with van der Waals surface area (Å²) in [5.74, 6) is -2.58. The van der Waals surface area contributed by atoms with Crippen LogP contribution in [0.25, 0.3) is 0 Å². The number of pyridine rings is 2. The van der Waals surface area contributed by atoms with E-state index in [1.807, 2.05) is 154 Å². The number of amides is 2. The summed E-state index contributed by atoms with van der Waals surface area (Å²) in [4.78, 5) is 88.2. The zero-order valence-electron chi connectivity index (χ0n) is 47.7. The molecule has 0 spiro atoms. The minimum atomic E-state index is -0.961. The first-order valence-electron chi connectivity index (χ1n) is 26.6. The second kappa shape index (κ2) is 26.6. The highest BCUT2D eigenvalue weighted by Gasteiger charge is 2.49. The summed E-state index contributed by atoms with van der Waals surface area (Å²) in [5.41, 5.74) is 6.82. The van der Waals surface area contributed by atoms with Crippen LogP contribution >= 0.6 is 0 Å². The van der Waals surface area contributed by atoms with Gasteiger partial charge in [-0.3, -0.25) is 29.1 Å². The van der Waals surface area contributed by atoms with E-state index in [1.165, 1.54) is 12.4 Å². The van der Waals surface area contributed by atoms with Gasteiger partial charge in [-0.2, -0.15) is 0 Å². The topological polar surface area (TPSA) is 171 Å². The van der Waals surface area contributed by atoms with E-state index >= 15 is 0 Å². The molecule has 1 saturated carbocycles. The summed E-state index contributed by atoms with van der Waals surface area (Å²) >= 11 is 0. The third kappa shape index (κ3) is 17.3. The Kier molecular flexibility index (Phi) is 20.9. The van der Waals surface area contributed by atoms with Crippen LogP contribution < -0.4 is 10.6 Å². The minimum absolute atomic E-state index is 0.0797. The molecule has 0 saturated heterocycles. The van der Waals surface area contributed by atoms with Crippen molar-refractivity contribution in [2.75, 3.05) is 0 Å². The first kappa shape index (κ1) is 60.5. The van der Waals surface area contributed by atoms with Crippen molar-refractivity contribution in [2.45, 2.75) is 147 Å². The summed E-state index contributed by atoms with van der Waals surface area (Å²) in [6, 6.07) is 4.75. The van der Waals surface area contributed by atoms with Gasteiger partial charge in [0.2, 0.25) is 0 Å². The Morgan fingerprint density at radius 3 is 1.42 bits per heavy atom. The smallest absolute Gasteiger partial charge is 0.329 e. The van der Waals surface area contributed by atoms with Gasteiger partial charge in [0.25, 0.3) is 11.8 Å². The largest absolute Gasteiger partial charge is 0.452 e. The van der Waals surface area contributed by atoms with Gasteiger partial charge in [-0.25, -0.2) is 9.59 Å². The fourth-order valence-electron chi connectivity index (χ4n) is 9.63. The molecule has 77 heavy (non-hydrogen) atoms. The molecule has 5 rings (SSSR count). The zero-order chi connectivity index (χ0) is 56.8. The predicted octanol–water partition coefficient (Wildman–Crippen LogP) is 12.5. The molecule has 0 radical (unpaired) electrons. The van der Waals surface area contributed by atoms with Crippen LogP contribution in [0.15, 0.2) is 179 Å². The molecule has 0 aromatic carbocycles. The summed E-state index contributed by atoms with van der Waals surface area (Å²) in [7, 11) is 0. The van der Waals surface area contributed by atoms with E-state index < -0.39 is 58.9 Å². The Labute approximate surface area is 457 Å². The Hall–Kier alpha value is -7.34. The normalized spacial score (nSPS) is 21.9. The number of allylic oxidation sites excluding steroid dienone is 20. The van der Waals surface area contributed by atoms with Crippen LogP contribution in [0.2, 0.25) is 0 Å². The number of hydrogen-bond acceptors (Lipinski definition) is 10. The highest BCUT2D eigenvalue weighted by atomic mass is 16.6. The lowest BCUT2D eigenvalue weighted by Crippen LogP contribution is -2.48. The number of ketones is 2. The molecule has 0 bridgehead atoms. The van der Waals surface area contributed by atoms with Crippen LogP contribution in [0.4, 0.5) is 0 Å². The molecule has 5 atom stereocenters. The average molecular weight is 1050 g/mol. The van der Waals surface area contributed by atoms with Gasteiger partial charge in [0, 0.05) is 37.6 Å². The van der Waals surface area contributed by atoms with Crippen molar-refractivity contribution in [3.63, 3.8) is 0 Å². The third-order valence-corrected chi connectivity index (χ3v) is 14.7. The number of nitrogens with zero attached hydrogens (tertiary/aromatic N) is 2. The van der Waals surface area contributed by atoms with Gasteiger partial charge < -0.3 is 20.1 Å². The number of carbonyl (C=O) groups is 6. The fraction of sp³-hybridized carbons (Fsp3) is 0.415. The van der Waals surface area contributed by atoms with E-state index in [0.717, 1.165) is 39.9 Å². The lowest BCUT2D eigenvalue weighted by atomic mass is 9.71. The summed E-state index contributed by atoms with van der Waals surface area (Å²) < 4.78 is 11.8. The Morgan fingerprint density at radius 1 is 0.610 bits per heavy atom. The van der Waals surface area contributed by atoms with Crippen LogP contribution in [-0.4, -0.2) is 69.6 Å². The SMILES string of the molecule is CC1=C(/C=C/C(C)=C/C=C/C(C)=C/C=C/C=C(C)/C=C/C=C(C)/C=C/C2=C(C)C(=O)[C@@H](OC(=O)C(NC(=O)c3cccnc3)C(C)C)CC2(C)C)C(C)(C)C[C@H](OC(=O)C(CC2CC2(C)C)NC(=O)c2cccnc2)C1=O. The van der Waals surface area contributed by atoms with Crippen molar-refractivity contribution in [2.24, 2.45) is 28.1 Å². The van der Waals surface area contributed by atoms with Gasteiger partial charge in [-0.05, 0) is 129 Å². The van der Waals surface area contributed by atoms with E-state index in [4.69, 9.17) is 9.47 Å². The second-order valence-corrected chi connectivity index (χ2v) is 23.1. The molecule has 12 heteroatoms. The molecule has 3 aliphatic rings. The highest BCUT2D eigenvalue weighted by molar-refractivity contribution is 6.03. The number of esters is 2. The number of ether oxygens (including phenoxy) is 2. The Bertz CT molecular complexity index is 2900. The van der Waals surface area contributed by atoms with Crippen molar-refractivity contribution in [3.05, 3.63) is 190 Å². The van der Waals surface area contributed by atoms with E-state index in [-0.39, 0.29) is 28.8 Å². The quantitative estimate of drug-likeness (QED) is 0.0906. The van der Waals surface area contributed by atoms with Crippen molar-refractivity contribution >= 4 is 35.3 Å². The minimum Gasteiger partial charge on any atom is -0.452 e. The molecule has 2 N–H and O–H groups in total. The first-order chi connectivity index (χ1) is 36.2. The summed E-state index contributed by atoms with van der Waals surface area (Å²) in [5, 5.41) is 5.61. The lowest BCUT2D eigenvalue weighted by molar-refractivity contribution is -0.159. The van der Waals surface area contributed by atoms with Gasteiger partial charge in [0.1, 0.15) is 12.1 Å². The van der Waals surface area contributed by atoms with Crippen molar-refractivity contribution < 1.29 is 38.2 Å². The molecule has 0 aliphatic heterocycles. The number of carbonyl (C=O) groups excluding carboxylic acids is 6. The predicted molar refractivity (Wildman–Crippen MR) is 305 cm³/mol. The van der Waals surface area contributed by atoms with Crippen molar-refractivity contribution in [3.8, 4) is 0 Å². The van der Waals surface area contributed by atoms with Crippen molar-refractivity contribution in [1.29, 1.82) is 0 Å². The van der Waals surface area contributed by atoms with E-state index in [0.29, 0.717) is 41.5 Å². The molecular weight excluding hydrogens is 965 g/mol. The zero-order valence-corrected chi connectivity index (χ0v) is 47.7. The first-order valence-corrected chi connectivity index (χ1v) is 26.6. The van der Waals surface area contributed by atoms with Crippen LogP contribution in [0.5, 0.6) is 0 Å². The lowest BCUT2D eigenvalue weighted by Gasteiger charge is -2.37. The van der Waals surface area contributed by atoms with Crippen LogP contribution in [0.1, 0.15) is 143 Å². The Morgan fingerprint density at radius 2 is 1.01 bits per heavy atom. The fourth-order valence-corrected chi connectivity index (χ4v) is 9.63. The molecular formula is C65H80N4O8. The number of nitrogens with one attached hydrogen (secondary N) is 2. The summed E-state index contributed by atoms with van der Waals surface area (Å²) in [6.07, 6.45) is 34.2. The number of Topliss-reactive ketones (excluding diaryl/α,β-unsaturated/α-hetero) is 2. The van der Waals surface area contributed by atoms with E-state index in [2.05, 4.69) is 34.4 Å². The molecule has 2 aromatic heterocycles. The van der Waals surface area contributed by atoms with Gasteiger partial charge in [0.05, 0.1) is 11.1 Å². The van der Waals surface area contributed by atoms with Gasteiger partial charge >= 0.3 is 11.9 Å². The third-order valence-electron chi connectivity index (χ3n) is 14.7. The van der Waals surface area contributed by atoms with Crippen LogP contribution in [0.3, 0.4) is 0 Å². The molecule has 2 aromatic rings. The molecule has 2 heterocycles. The maximum atomic E-state index is 13.7. The second-order valence-electron chi connectivity index (χ2n) is 23.1. The van der Waals surface area contributed by atoms with Gasteiger partial charge in [-0.15, -0.1) is 0 Å². The average Bonchev–Trinajstić information content (AvgIpc) is 3.98. The molecule has 2 amide bonds. The van der Waals surface area contributed by atoms with Gasteiger partial charge in [-0.1, -0.05) is 163 Å². The highest BCUT2D eigenvalue weighted by Crippen LogP contribution is 2.54. The van der Waals surface area contributed by atoms with Crippen molar-refractivity contribution in [1.82, 2.24) is 20.6 Å². The molecule has 1 fully saturated rings. The number of rotatable bonds is 21. The van der Waals surface area contributed by atoms with Gasteiger partial charge in [0.15, 0.2) is 23.8 Å². The van der Waals surface area contributed by atoms with Crippen LogP contribution in [-0.2, 0) is 28.7 Å². The van der Waals surface area contributed by atoms with Crippen LogP contribution in [0, 0.1) is 28.1 Å². The van der Waals surface area contributed by atoms with E-state index in [1.54, 1.807) is 50.5 Å². The molecule has 408 valence electrons. The standard InChI is InChI=1S/C65H80N4O8/c1-41(2)56(69-60(73)49-28-20-34-67-40-49)62(75)77-55-38-65(13,14)52(47(8)58(55)71)32-30-45(6)26-18-24-43(4)22-16-15-21-42(3)23-17-25-44(5)29-31-51-46(7)57(70)54(37-64(51,11)12)76-61(74)53(35-50-36-63(50,9)10)68-59(72)48-27-19-33-66-39-48/h15-34,39-41,50,53-56H,35-38H2,1-14H3,(H,68,72)(H,69,73)/b16-15+,23-17+,24-18+,31-29+,32-30+,42-21+,43-22+,44-25+,45-26+/t50?,53?,54-,55-,56?/m0/s1. The Balaban J connectivity index is 1.11. The summed E-state index contributed by atoms with van der Waals surface area (Å²) in [6.45, 7) is 27.7. The maximum Gasteiger partial charge on any atom is 0.329 e. The molecule has 12 nitrogen and oxygen atoms in total. The monoisotopic (exact) mass is 1040 g/mol. The number of hydrogen-bond donors (Lipinski definition) is 2. The molecule has 3 aliphatic carbocycles. The maximum absolute atomic E-state index is 13.7. The van der Waals surface area contributed by atoms with E-state index in [9.17, 15) is 28.8 Å². The number of aromatic nitrogens is 2.